The Morgan fingerprint density at radius 3 is 2.59 bits per heavy atom. The average molecular weight is 419 g/mol. The Balaban J connectivity index is 1.34. The third-order valence-electron chi connectivity index (χ3n) is 5.48. The molecule has 2 aromatic rings. The van der Waals surface area contributed by atoms with Crippen molar-refractivity contribution in [3.63, 3.8) is 0 Å². The Hall–Kier alpha value is -2.23. The van der Waals surface area contributed by atoms with Crippen LogP contribution in [-0.2, 0) is 34.1 Å². The number of nitrogens with one attached hydrogen (secondary N) is 1. The lowest BCUT2D eigenvalue weighted by molar-refractivity contribution is 0.0730. The molecular weight excluding hydrogens is 392 g/mol. The van der Waals surface area contributed by atoms with Crippen LogP contribution < -0.4 is 5.32 Å². The number of hydrogen-bond acceptors (Lipinski definition) is 5. The van der Waals surface area contributed by atoms with Gasteiger partial charge in [0.25, 0.3) is 5.91 Å². The second kappa shape index (κ2) is 8.64. The molecule has 29 heavy (non-hydrogen) atoms. The van der Waals surface area contributed by atoms with Crippen LogP contribution in [0.25, 0.3) is 0 Å². The van der Waals surface area contributed by atoms with E-state index < -0.39 is 10.0 Å². The minimum Gasteiger partial charge on any atom is -0.379 e. The highest BCUT2D eigenvalue weighted by Gasteiger charge is 2.26. The molecule has 156 valence electrons. The van der Waals surface area contributed by atoms with Crippen molar-refractivity contribution in [3.8, 4) is 0 Å². The molecule has 1 aromatic carbocycles. The van der Waals surface area contributed by atoms with Crippen LogP contribution in [0.3, 0.4) is 0 Å². The number of carbonyl (C=O) groups is 1. The number of hydrogen-bond donors (Lipinski definition) is 1. The molecule has 1 aromatic heterocycles. The molecule has 4 rings (SSSR count). The molecular formula is C20H26N4O4S. The Labute approximate surface area is 170 Å². The van der Waals surface area contributed by atoms with Crippen LogP contribution in [0.5, 0.6) is 0 Å². The smallest absolute Gasteiger partial charge is 0.251 e. The first-order valence-electron chi connectivity index (χ1n) is 10.1. The minimum atomic E-state index is -3.55. The predicted molar refractivity (Wildman–Crippen MR) is 107 cm³/mol. The molecule has 0 bridgehead atoms. The zero-order valence-electron chi connectivity index (χ0n) is 16.3. The number of ether oxygens (including phenoxy) is 1. The highest BCUT2D eigenvalue weighted by molar-refractivity contribution is 7.89. The molecule has 2 heterocycles. The van der Waals surface area contributed by atoms with E-state index in [2.05, 4.69) is 10.4 Å². The summed E-state index contributed by atoms with van der Waals surface area (Å²) < 4.78 is 33.9. The molecule has 0 spiro atoms. The van der Waals surface area contributed by atoms with E-state index in [4.69, 9.17) is 4.74 Å². The molecule has 8 nitrogen and oxygen atoms in total. The zero-order chi connectivity index (χ0) is 20.3. The van der Waals surface area contributed by atoms with Gasteiger partial charge in [0, 0.05) is 30.9 Å². The fourth-order valence-corrected chi connectivity index (χ4v) is 5.25. The van der Waals surface area contributed by atoms with Crippen molar-refractivity contribution in [3.05, 3.63) is 47.3 Å². The van der Waals surface area contributed by atoms with Crippen molar-refractivity contribution in [1.29, 1.82) is 0 Å². The van der Waals surface area contributed by atoms with Crippen molar-refractivity contribution in [2.45, 2.75) is 37.1 Å². The van der Waals surface area contributed by atoms with E-state index in [9.17, 15) is 13.2 Å². The van der Waals surface area contributed by atoms with Gasteiger partial charge in [-0.3, -0.25) is 9.48 Å². The summed E-state index contributed by atoms with van der Waals surface area (Å²) in [5, 5.41) is 7.32. The van der Waals surface area contributed by atoms with Gasteiger partial charge in [-0.05, 0) is 55.5 Å². The van der Waals surface area contributed by atoms with Crippen LogP contribution in [0.4, 0.5) is 0 Å². The number of carbonyl (C=O) groups excluding carboxylic acids is 1. The Morgan fingerprint density at radius 2 is 1.83 bits per heavy atom. The Bertz CT molecular complexity index is 963. The van der Waals surface area contributed by atoms with Gasteiger partial charge >= 0.3 is 0 Å². The van der Waals surface area contributed by atoms with Crippen LogP contribution >= 0.6 is 0 Å². The van der Waals surface area contributed by atoms with Crippen molar-refractivity contribution in [1.82, 2.24) is 19.4 Å². The van der Waals surface area contributed by atoms with Crippen LogP contribution in [-0.4, -0.2) is 61.3 Å². The van der Waals surface area contributed by atoms with E-state index in [1.807, 2.05) is 10.9 Å². The highest BCUT2D eigenvalue weighted by Crippen LogP contribution is 2.20. The van der Waals surface area contributed by atoms with E-state index >= 15 is 0 Å². The van der Waals surface area contributed by atoms with Crippen LogP contribution in [0, 0.1) is 0 Å². The maximum atomic E-state index is 12.6. The molecule has 0 radical (unpaired) electrons. The molecule has 0 unspecified atom stereocenters. The van der Waals surface area contributed by atoms with E-state index in [-0.39, 0.29) is 10.8 Å². The number of amides is 1. The van der Waals surface area contributed by atoms with Gasteiger partial charge in [-0.2, -0.15) is 9.40 Å². The fraction of sp³-hybridized carbons (Fsp3) is 0.500. The number of morpholine rings is 1. The summed E-state index contributed by atoms with van der Waals surface area (Å²) >= 11 is 0. The van der Waals surface area contributed by atoms with E-state index in [1.165, 1.54) is 40.5 Å². The predicted octanol–water partition coefficient (Wildman–Crippen LogP) is 1.21. The molecule has 1 fully saturated rings. The number of nitrogens with zero attached hydrogens (tertiary/aromatic N) is 3. The van der Waals surface area contributed by atoms with Gasteiger partial charge in [-0.1, -0.05) is 0 Å². The molecule has 1 aliphatic heterocycles. The van der Waals surface area contributed by atoms with E-state index in [1.54, 1.807) is 12.1 Å². The SMILES string of the molecule is O=C(NCCn1ncc2c1CCCC2)c1ccc(S(=O)(=O)N2CCOCC2)cc1. The van der Waals surface area contributed by atoms with Crippen molar-refractivity contribution in [2.24, 2.45) is 0 Å². The molecule has 1 saturated heterocycles. The number of rotatable bonds is 6. The van der Waals surface area contributed by atoms with Crippen molar-refractivity contribution < 1.29 is 17.9 Å². The van der Waals surface area contributed by atoms with E-state index in [0.29, 0.717) is 45.0 Å². The Kier molecular flexibility index (Phi) is 5.98. The normalized spacial score (nSPS) is 17.7. The minimum absolute atomic E-state index is 0.194. The van der Waals surface area contributed by atoms with Gasteiger partial charge in [0.05, 0.1) is 30.9 Å². The largest absolute Gasteiger partial charge is 0.379 e. The number of benzene rings is 1. The average Bonchev–Trinajstić information content (AvgIpc) is 3.17. The highest BCUT2D eigenvalue weighted by atomic mass is 32.2. The number of aromatic nitrogens is 2. The van der Waals surface area contributed by atoms with E-state index in [0.717, 1.165) is 12.8 Å². The zero-order valence-corrected chi connectivity index (χ0v) is 17.2. The summed E-state index contributed by atoms with van der Waals surface area (Å²) in [4.78, 5) is 12.6. The summed E-state index contributed by atoms with van der Waals surface area (Å²) in [5.74, 6) is -0.221. The monoisotopic (exact) mass is 418 g/mol. The first kappa shape index (κ1) is 20.1. The molecule has 2 aliphatic rings. The lowest BCUT2D eigenvalue weighted by atomic mass is 9.98. The second-order valence-electron chi connectivity index (χ2n) is 7.34. The summed E-state index contributed by atoms with van der Waals surface area (Å²) in [5.41, 5.74) is 3.04. The molecule has 9 heteroatoms. The Morgan fingerprint density at radius 1 is 1.10 bits per heavy atom. The van der Waals surface area contributed by atoms with Gasteiger partial charge in [0.1, 0.15) is 0 Å². The summed E-state index contributed by atoms with van der Waals surface area (Å²) in [7, 11) is -3.55. The van der Waals surface area contributed by atoms with Gasteiger partial charge < -0.3 is 10.1 Å². The van der Waals surface area contributed by atoms with Gasteiger partial charge in [0.2, 0.25) is 10.0 Å². The summed E-state index contributed by atoms with van der Waals surface area (Å²) in [6.45, 7) is 2.60. The molecule has 1 N–H and O–H groups in total. The van der Waals surface area contributed by atoms with Crippen LogP contribution in [0.1, 0.15) is 34.5 Å². The van der Waals surface area contributed by atoms with Crippen LogP contribution in [0.15, 0.2) is 35.4 Å². The first-order chi connectivity index (χ1) is 14.1. The fourth-order valence-electron chi connectivity index (χ4n) is 3.84. The molecule has 0 atom stereocenters. The summed E-state index contributed by atoms with van der Waals surface area (Å²) in [6.07, 6.45) is 6.46. The van der Waals surface area contributed by atoms with Gasteiger partial charge in [-0.15, -0.1) is 0 Å². The lowest BCUT2D eigenvalue weighted by Gasteiger charge is -2.26. The first-order valence-corrected chi connectivity index (χ1v) is 11.5. The third-order valence-corrected chi connectivity index (χ3v) is 7.39. The lowest BCUT2D eigenvalue weighted by Crippen LogP contribution is -2.40. The molecule has 0 saturated carbocycles. The number of sulfonamides is 1. The number of aryl methyl sites for hydroxylation is 1. The van der Waals surface area contributed by atoms with Crippen molar-refractivity contribution >= 4 is 15.9 Å². The molecule has 1 amide bonds. The van der Waals surface area contributed by atoms with Crippen LogP contribution in [0.2, 0.25) is 0 Å². The topological polar surface area (TPSA) is 93.5 Å². The van der Waals surface area contributed by atoms with Gasteiger partial charge in [0.15, 0.2) is 0 Å². The van der Waals surface area contributed by atoms with Gasteiger partial charge in [-0.25, -0.2) is 8.42 Å². The quantitative estimate of drug-likeness (QED) is 0.761. The maximum absolute atomic E-state index is 12.6. The number of fused-ring (bicyclic) bond motifs is 1. The van der Waals surface area contributed by atoms with Crippen molar-refractivity contribution in [2.75, 3.05) is 32.8 Å². The maximum Gasteiger partial charge on any atom is 0.251 e. The third kappa shape index (κ3) is 4.36. The summed E-state index contributed by atoms with van der Waals surface area (Å²) in [6, 6.07) is 6.09. The second-order valence-corrected chi connectivity index (χ2v) is 9.28. The molecule has 1 aliphatic carbocycles. The standard InChI is InChI=1S/C20H26N4O4S/c25-20(21-9-10-24-19-4-2-1-3-17(19)15-22-24)16-5-7-18(8-6-16)29(26,27)23-11-13-28-14-12-23/h5-8,15H,1-4,9-14H2,(H,21,25).